The fourth-order valence-electron chi connectivity index (χ4n) is 3.32. The second-order valence-corrected chi connectivity index (χ2v) is 7.98. The number of nitrogens with one attached hydrogen (secondary N) is 1. The average Bonchev–Trinajstić information content (AvgIpc) is 2.72. The van der Waals surface area contributed by atoms with Gasteiger partial charge in [-0.1, -0.05) is 44.2 Å². The summed E-state index contributed by atoms with van der Waals surface area (Å²) in [4.78, 5) is 33.7. The van der Waals surface area contributed by atoms with Crippen molar-refractivity contribution in [2.24, 2.45) is 11.8 Å². The summed E-state index contributed by atoms with van der Waals surface area (Å²) in [6.07, 6.45) is 6.45. The number of aryl methyl sites for hydroxylation is 1. The van der Waals surface area contributed by atoms with Gasteiger partial charge in [0.15, 0.2) is 0 Å². The van der Waals surface area contributed by atoms with Gasteiger partial charge in [0.1, 0.15) is 5.78 Å². The second kappa shape index (κ2) is 12.2. The molecule has 0 bridgehead atoms. The molecule has 0 spiro atoms. The molecule has 3 N–H and O–H groups in total. The topological polar surface area (TPSA) is 112 Å². The largest absolute Gasteiger partial charge is 0.475 e. The number of hydrogen-bond donors (Lipinski definition) is 3. The van der Waals surface area contributed by atoms with Crippen LogP contribution in [0.2, 0.25) is 0 Å². The smallest absolute Gasteiger partial charge is 0.426 e. The molecule has 0 aliphatic carbocycles. The molecule has 1 heterocycles. The van der Waals surface area contributed by atoms with E-state index in [1.165, 1.54) is 0 Å². The van der Waals surface area contributed by atoms with Crippen LogP contribution in [-0.4, -0.2) is 44.8 Å². The number of hydrogen-bond acceptors (Lipinski definition) is 6. The van der Waals surface area contributed by atoms with E-state index in [9.17, 15) is 19.6 Å². The Balaban J connectivity index is 2.05. The van der Waals surface area contributed by atoms with Crippen LogP contribution in [0.15, 0.2) is 48.9 Å². The lowest BCUT2D eigenvalue weighted by Crippen LogP contribution is -2.49. The van der Waals surface area contributed by atoms with E-state index in [0.29, 0.717) is 19.3 Å². The zero-order valence-electron chi connectivity index (χ0n) is 17.6. The first-order valence-corrected chi connectivity index (χ1v) is 10.3. The summed E-state index contributed by atoms with van der Waals surface area (Å²) in [5.41, 5.74) is 1.68. The minimum absolute atomic E-state index is 0.0401. The van der Waals surface area contributed by atoms with Crippen LogP contribution in [-0.2, 0) is 22.4 Å². The van der Waals surface area contributed by atoms with Crippen molar-refractivity contribution in [3.8, 4) is 0 Å². The van der Waals surface area contributed by atoms with Gasteiger partial charge in [-0.3, -0.25) is 19.6 Å². The third-order valence-corrected chi connectivity index (χ3v) is 4.86. The fourth-order valence-corrected chi connectivity index (χ4v) is 3.32. The van der Waals surface area contributed by atoms with Crippen molar-refractivity contribution in [3.05, 3.63) is 60.2 Å². The second-order valence-electron chi connectivity index (χ2n) is 7.98. The zero-order valence-corrected chi connectivity index (χ0v) is 17.6. The normalized spacial score (nSPS) is 13.0. The Morgan fingerprint density at radius 2 is 1.87 bits per heavy atom. The number of amides is 1. The number of Topliss-reactive ketones (excluding diaryl/α,β-unsaturated/α-hetero) is 1. The molecule has 160 valence electrons. The summed E-state index contributed by atoms with van der Waals surface area (Å²) >= 11 is 0. The molecule has 1 amide bonds. The molecule has 2 rings (SSSR count). The van der Waals surface area contributed by atoms with Gasteiger partial charge in [0.25, 0.3) is 0 Å². The van der Waals surface area contributed by atoms with Crippen molar-refractivity contribution < 1.29 is 19.6 Å². The summed E-state index contributed by atoms with van der Waals surface area (Å²) in [7, 11) is -1.65. The Labute approximate surface area is 178 Å². The Hall–Kier alpha value is -2.58. The third-order valence-electron chi connectivity index (χ3n) is 4.86. The van der Waals surface area contributed by atoms with Gasteiger partial charge in [0, 0.05) is 37.4 Å². The van der Waals surface area contributed by atoms with Gasteiger partial charge in [-0.15, -0.1) is 0 Å². The van der Waals surface area contributed by atoms with Gasteiger partial charge in [-0.25, -0.2) is 0 Å². The van der Waals surface area contributed by atoms with Crippen molar-refractivity contribution >= 4 is 18.8 Å². The Kier molecular flexibility index (Phi) is 9.64. The van der Waals surface area contributed by atoms with E-state index in [1.807, 2.05) is 44.2 Å². The molecule has 1 aromatic heterocycles. The maximum absolute atomic E-state index is 12.9. The number of benzene rings is 1. The van der Waals surface area contributed by atoms with Crippen LogP contribution < -0.4 is 5.32 Å². The summed E-state index contributed by atoms with van der Waals surface area (Å²) in [6.45, 7) is 3.89. The molecule has 0 unspecified atom stereocenters. The molecular formula is C22H30BN3O4. The molecule has 7 nitrogen and oxygen atoms in total. The molecule has 30 heavy (non-hydrogen) atoms. The third kappa shape index (κ3) is 8.43. The van der Waals surface area contributed by atoms with Crippen molar-refractivity contribution in [2.75, 3.05) is 0 Å². The fraction of sp³-hybridized carbons (Fsp3) is 0.455. The first-order valence-electron chi connectivity index (χ1n) is 10.3. The summed E-state index contributed by atoms with van der Waals surface area (Å²) < 4.78 is 0. The standard InChI is InChI=1S/C22H30BN3O4/c1-16(2)12-21(23(29)30)26-22(28)18(13-17-6-4-3-5-7-17)14-20(27)9-8-19-15-24-10-11-25-19/h3-7,10-11,15-16,18,21,29-30H,8-9,12-14H2,1-2H3,(H,26,28)/t18-,21+/m1/s1. The first-order chi connectivity index (χ1) is 14.3. The SMILES string of the molecule is CC(C)C[C@H](NC(=O)[C@@H](CC(=O)CCc1cnccn1)Cc1ccccc1)B(O)O. The van der Waals surface area contributed by atoms with Gasteiger partial charge in [0.2, 0.25) is 5.91 Å². The highest BCUT2D eigenvalue weighted by Gasteiger charge is 2.30. The minimum atomic E-state index is -1.65. The maximum Gasteiger partial charge on any atom is 0.475 e. The molecule has 0 radical (unpaired) electrons. The highest BCUT2D eigenvalue weighted by Crippen LogP contribution is 2.16. The van der Waals surface area contributed by atoms with Crippen molar-refractivity contribution in [3.63, 3.8) is 0 Å². The van der Waals surface area contributed by atoms with Crippen LogP contribution >= 0.6 is 0 Å². The molecule has 0 aliphatic rings. The van der Waals surface area contributed by atoms with Crippen LogP contribution in [0.3, 0.4) is 0 Å². The molecule has 0 saturated carbocycles. The number of carbonyl (C=O) groups excluding carboxylic acids is 2. The van der Waals surface area contributed by atoms with Gasteiger partial charge in [-0.2, -0.15) is 0 Å². The average molecular weight is 411 g/mol. The van der Waals surface area contributed by atoms with Crippen LogP contribution in [0, 0.1) is 11.8 Å². The van der Waals surface area contributed by atoms with Crippen LogP contribution in [0.1, 0.15) is 44.4 Å². The van der Waals surface area contributed by atoms with Crippen molar-refractivity contribution in [1.29, 1.82) is 0 Å². The highest BCUT2D eigenvalue weighted by atomic mass is 16.4. The van der Waals surface area contributed by atoms with E-state index >= 15 is 0 Å². The predicted octanol–water partition coefficient (Wildman–Crippen LogP) is 1.77. The van der Waals surface area contributed by atoms with Crippen molar-refractivity contribution in [2.45, 2.75) is 51.9 Å². The maximum atomic E-state index is 12.9. The quantitative estimate of drug-likeness (QED) is 0.459. The van der Waals surface area contributed by atoms with Gasteiger partial charge in [-0.05, 0) is 30.7 Å². The molecule has 8 heteroatoms. The van der Waals surface area contributed by atoms with Gasteiger partial charge < -0.3 is 15.4 Å². The number of nitrogens with zero attached hydrogens (tertiary/aromatic N) is 2. The molecule has 2 aromatic rings. The Morgan fingerprint density at radius 3 is 2.47 bits per heavy atom. The summed E-state index contributed by atoms with van der Waals surface area (Å²) in [5, 5.41) is 22.0. The molecular weight excluding hydrogens is 381 g/mol. The summed E-state index contributed by atoms with van der Waals surface area (Å²) in [6, 6.07) is 9.50. The van der Waals surface area contributed by atoms with E-state index in [2.05, 4.69) is 15.3 Å². The predicted molar refractivity (Wildman–Crippen MR) is 115 cm³/mol. The minimum Gasteiger partial charge on any atom is -0.426 e. The first kappa shape index (κ1) is 23.7. The molecule has 0 saturated heterocycles. The molecule has 0 aliphatic heterocycles. The monoisotopic (exact) mass is 411 g/mol. The molecule has 2 atom stereocenters. The Morgan fingerprint density at radius 1 is 1.13 bits per heavy atom. The van der Waals surface area contributed by atoms with E-state index in [-0.39, 0.29) is 30.4 Å². The van der Waals surface area contributed by atoms with E-state index in [4.69, 9.17) is 0 Å². The number of carbonyl (C=O) groups is 2. The number of aromatic nitrogens is 2. The lowest BCUT2D eigenvalue weighted by molar-refractivity contribution is -0.129. The number of rotatable bonds is 12. The van der Waals surface area contributed by atoms with Crippen LogP contribution in [0.4, 0.5) is 0 Å². The molecule has 0 fully saturated rings. The van der Waals surface area contributed by atoms with Crippen LogP contribution in [0.5, 0.6) is 0 Å². The number of ketones is 1. The van der Waals surface area contributed by atoms with E-state index in [0.717, 1.165) is 11.3 Å². The van der Waals surface area contributed by atoms with Gasteiger partial charge >= 0.3 is 7.12 Å². The zero-order chi connectivity index (χ0) is 21.9. The van der Waals surface area contributed by atoms with E-state index < -0.39 is 19.0 Å². The Bertz CT molecular complexity index is 787. The lowest BCUT2D eigenvalue weighted by Gasteiger charge is -2.23. The summed E-state index contributed by atoms with van der Waals surface area (Å²) in [5.74, 6) is -1.56. The highest BCUT2D eigenvalue weighted by molar-refractivity contribution is 6.43. The van der Waals surface area contributed by atoms with Crippen molar-refractivity contribution in [1.82, 2.24) is 15.3 Å². The van der Waals surface area contributed by atoms with Gasteiger partial charge in [0.05, 0.1) is 11.6 Å². The lowest BCUT2D eigenvalue weighted by atomic mass is 9.74. The molecule has 1 aromatic carbocycles. The van der Waals surface area contributed by atoms with E-state index in [1.54, 1.807) is 18.6 Å². The van der Waals surface area contributed by atoms with Crippen LogP contribution in [0.25, 0.3) is 0 Å².